The van der Waals surface area contributed by atoms with Crippen LogP contribution in [0.3, 0.4) is 0 Å². The second-order valence-electron chi connectivity index (χ2n) is 2.49. The normalized spacial score (nSPS) is 10.1. The third-order valence-electron chi connectivity index (χ3n) is 1.38. The average Bonchev–Trinajstić information content (AvgIpc) is 2.21. The molecule has 1 N–H and O–H groups in total. The number of hydrogen-bond acceptors (Lipinski definition) is 4. The highest BCUT2D eigenvalue weighted by Crippen LogP contribution is 1.86. The van der Waals surface area contributed by atoms with Gasteiger partial charge in [0.15, 0.2) is 0 Å². The molecular formula is C8H16INO4. The van der Waals surface area contributed by atoms with Gasteiger partial charge in [-0.2, -0.15) is 0 Å². The van der Waals surface area contributed by atoms with Gasteiger partial charge in [-0.05, 0) is 0 Å². The quantitative estimate of drug-likeness (QED) is 0.383. The second kappa shape index (κ2) is 11.2. The Kier molecular flexibility index (Phi) is 11.2. The molecule has 0 spiro atoms. The first-order chi connectivity index (χ1) is 6.81. The molecule has 0 fully saturated rings. The van der Waals surface area contributed by atoms with Gasteiger partial charge in [-0.15, -0.1) is 0 Å². The number of carbonyl (C=O) groups excluding carboxylic acids is 1. The van der Waals surface area contributed by atoms with Crippen LogP contribution < -0.4 is 3.53 Å². The van der Waals surface area contributed by atoms with E-state index in [4.69, 9.17) is 14.2 Å². The van der Waals surface area contributed by atoms with Gasteiger partial charge in [0.1, 0.15) is 0 Å². The zero-order valence-corrected chi connectivity index (χ0v) is 10.4. The highest BCUT2D eigenvalue weighted by molar-refractivity contribution is 14.1. The van der Waals surface area contributed by atoms with E-state index in [1.807, 2.05) is 0 Å². The van der Waals surface area contributed by atoms with Gasteiger partial charge in [-0.25, -0.2) is 0 Å². The van der Waals surface area contributed by atoms with Crippen LogP contribution in [0.25, 0.3) is 0 Å². The minimum Gasteiger partial charge on any atom is -0.382 e. The predicted molar refractivity (Wildman–Crippen MR) is 60.3 cm³/mol. The molecule has 1 amide bonds. The van der Waals surface area contributed by atoms with Crippen molar-refractivity contribution in [1.82, 2.24) is 3.53 Å². The van der Waals surface area contributed by atoms with Crippen molar-refractivity contribution in [2.24, 2.45) is 0 Å². The average molecular weight is 317 g/mol. The van der Waals surface area contributed by atoms with Gasteiger partial charge in [0.05, 0.1) is 62.3 Å². The van der Waals surface area contributed by atoms with Crippen LogP contribution in [-0.2, 0) is 19.0 Å². The fourth-order valence-electron chi connectivity index (χ4n) is 0.676. The van der Waals surface area contributed by atoms with Crippen molar-refractivity contribution >= 4 is 28.8 Å². The number of amides is 1. The lowest BCUT2D eigenvalue weighted by molar-refractivity contribution is -0.120. The zero-order chi connectivity index (χ0) is 10.6. The number of rotatable bonds is 9. The summed E-state index contributed by atoms with van der Waals surface area (Å²) in [7, 11) is 1.63. The Morgan fingerprint density at radius 2 is 1.71 bits per heavy atom. The van der Waals surface area contributed by atoms with Crippen LogP contribution in [0.15, 0.2) is 0 Å². The SMILES string of the molecule is COCCOCCOCCC(=O)NI. The van der Waals surface area contributed by atoms with Crippen LogP contribution in [0, 0.1) is 0 Å². The van der Waals surface area contributed by atoms with Crippen molar-refractivity contribution in [1.29, 1.82) is 0 Å². The van der Waals surface area contributed by atoms with E-state index in [0.717, 1.165) is 0 Å². The molecule has 0 heterocycles. The summed E-state index contributed by atoms with van der Waals surface area (Å²) < 4.78 is 17.6. The van der Waals surface area contributed by atoms with E-state index < -0.39 is 0 Å². The van der Waals surface area contributed by atoms with Gasteiger partial charge in [0.2, 0.25) is 5.91 Å². The Morgan fingerprint density at radius 1 is 1.14 bits per heavy atom. The summed E-state index contributed by atoms with van der Waals surface area (Å²) in [6.07, 6.45) is 0.390. The van der Waals surface area contributed by atoms with Crippen LogP contribution in [0.4, 0.5) is 0 Å². The molecule has 0 rings (SSSR count). The number of halogens is 1. The van der Waals surface area contributed by atoms with Crippen molar-refractivity contribution < 1.29 is 19.0 Å². The third kappa shape index (κ3) is 10.2. The number of nitrogens with one attached hydrogen (secondary N) is 1. The molecule has 0 saturated carbocycles. The summed E-state index contributed by atoms with van der Waals surface area (Å²) in [5, 5.41) is 0. The maximum absolute atomic E-state index is 10.7. The van der Waals surface area contributed by atoms with Crippen LogP contribution in [0.1, 0.15) is 6.42 Å². The fourth-order valence-corrected chi connectivity index (χ4v) is 0.946. The summed E-state index contributed by atoms with van der Waals surface area (Å²) in [4.78, 5) is 10.7. The summed E-state index contributed by atoms with van der Waals surface area (Å²) in [5.41, 5.74) is 0. The standard InChI is InChI=1S/C8H16INO4/c1-12-4-5-14-7-6-13-3-2-8(11)10-9/h2-7H2,1H3,(H,10,11). The molecule has 0 saturated heterocycles. The molecule has 0 aromatic carbocycles. The van der Waals surface area contributed by atoms with Crippen molar-refractivity contribution in [3.63, 3.8) is 0 Å². The van der Waals surface area contributed by atoms with Gasteiger partial charge in [-0.3, -0.25) is 8.32 Å². The fraction of sp³-hybridized carbons (Fsp3) is 0.875. The maximum atomic E-state index is 10.7. The highest BCUT2D eigenvalue weighted by Gasteiger charge is 1.97. The largest absolute Gasteiger partial charge is 0.382 e. The molecule has 0 radical (unpaired) electrons. The number of ether oxygens (including phenoxy) is 3. The molecule has 0 aliphatic rings. The van der Waals surface area contributed by atoms with Gasteiger partial charge in [0.25, 0.3) is 0 Å². The summed E-state index contributed by atoms with van der Waals surface area (Å²) in [5.74, 6) is -0.0223. The first-order valence-corrected chi connectivity index (χ1v) is 5.43. The molecule has 0 unspecified atom stereocenters. The van der Waals surface area contributed by atoms with E-state index in [1.165, 1.54) is 0 Å². The van der Waals surface area contributed by atoms with E-state index in [-0.39, 0.29) is 5.91 Å². The molecule has 14 heavy (non-hydrogen) atoms. The number of hydrogen-bond donors (Lipinski definition) is 1. The molecule has 0 aromatic heterocycles. The van der Waals surface area contributed by atoms with Crippen LogP contribution >= 0.6 is 22.9 Å². The smallest absolute Gasteiger partial charge is 0.230 e. The molecule has 0 bridgehead atoms. The molecule has 0 aromatic rings. The summed E-state index contributed by atoms with van der Waals surface area (Å²) in [6, 6.07) is 0. The lowest BCUT2D eigenvalue weighted by atomic mass is 10.4. The molecule has 0 atom stereocenters. The molecule has 5 nitrogen and oxygen atoms in total. The van der Waals surface area contributed by atoms with Crippen molar-refractivity contribution in [2.45, 2.75) is 6.42 Å². The van der Waals surface area contributed by atoms with Gasteiger partial charge in [0, 0.05) is 7.11 Å². The molecule has 0 aliphatic carbocycles. The Balaban J connectivity index is 2.95. The second-order valence-corrected chi connectivity index (χ2v) is 3.02. The number of carbonyl (C=O) groups is 1. The van der Waals surface area contributed by atoms with E-state index in [2.05, 4.69) is 3.53 Å². The minimum atomic E-state index is -0.0223. The van der Waals surface area contributed by atoms with Gasteiger partial charge >= 0.3 is 0 Å². The topological polar surface area (TPSA) is 56.8 Å². The van der Waals surface area contributed by atoms with Gasteiger partial charge < -0.3 is 14.2 Å². The molecular weight excluding hydrogens is 301 g/mol. The first-order valence-electron chi connectivity index (χ1n) is 4.35. The Morgan fingerprint density at radius 3 is 2.29 bits per heavy atom. The Labute approximate surface area is 98.0 Å². The van der Waals surface area contributed by atoms with E-state index in [9.17, 15) is 4.79 Å². The maximum Gasteiger partial charge on any atom is 0.230 e. The molecule has 84 valence electrons. The monoisotopic (exact) mass is 317 g/mol. The molecule has 6 heteroatoms. The summed E-state index contributed by atoms with van der Waals surface area (Å²) >= 11 is 1.80. The van der Waals surface area contributed by atoms with Crippen molar-refractivity contribution in [3.8, 4) is 0 Å². The lowest BCUT2D eigenvalue weighted by Gasteiger charge is -2.04. The van der Waals surface area contributed by atoms with E-state index in [0.29, 0.717) is 39.5 Å². The van der Waals surface area contributed by atoms with E-state index >= 15 is 0 Å². The summed E-state index contributed by atoms with van der Waals surface area (Å²) in [6.45, 7) is 2.65. The minimum absolute atomic E-state index is 0.0223. The van der Waals surface area contributed by atoms with E-state index in [1.54, 1.807) is 30.0 Å². The predicted octanol–water partition coefficient (Wildman–Crippen LogP) is 0.522. The van der Waals surface area contributed by atoms with Crippen LogP contribution in [0.5, 0.6) is 0 Å². The molecule has 0 aliphatic heterocycles. The first kappa shape index (κ1) is 14.1. The van der Waals surface area contributed by atoms with Crippen LogP contribution in [0.2, 0.25) is 0 Å². The van der Waals surface area contributed by atoms with Crippen molar-refractivity contribution in [3.05, 3.63) is 0 Å². The zero-order valence-electron chi connectivity index (χ0n) is 8.25. The highest BCUT2D eigenvalue weighted by atomic mass is 127. The van der Waals surface area contributed by atoms with Crippen LogP contribution in [-0.4, -0.2) is 46.1 Å². The van der Waals surface area contributed by atoms with Gasteiger partial charge in [-0.1, -0.05) is 0 Å². The third-order valence-corrected chi connectivity index (χ3v) is 1.98. The lowest BCUT2D eigenvalue weighted by Crippen LogP contribution is -2.15. The Bertz CT molecular complexity index is 145. The number of methoxy groups -OCH3 is 1. The Hall–Kier alpha value is 0.0800. The van der Waals surface area contributed by atoms with Crippen molar-refractivity contribution in [2.75, 3.05) is 40.1 Å².